The van der Waals surface area contributed by atoms with Crippen molar-refractivity contribution in [3.05, 3.63) is 35.4 Å². The van der Waals surface area contributed by atoms with Gasteiger partial charge in [-0.15, -0.1) is 0 Å². The van der Waals surface area contributed by atoms with E-state index in [4.69, 9.17) is 5.73 Å². The third-order valence-corrected chi connectivity index (χ3v) is 3.63. The summed E-state index contributed by atoms with van der Waals surface area (Å²) in [7, 11) is 0. The zero-order valence-corrected chi connectivity index (χ0v) is 11.7. The highest BCUT2D eigenvalue weighted by molar-refractivity contribution is 5.77. The van der Waals surface area contributed by atoms with Crippen molar-refractivity contribution < 1.29 is 4.79 Å². The molecule has 0 saturated carbocycles. The second-order valence-corrected chi connectivity index (χ2v) is 5.41. The molecule has 3 N–H and O–H groups in total. The van der Waals surface area contributed by atoms with Gasteiger partial charge in [0.1, 0.15) is 0 Å². The quantitative estimate of drug-likeness (QED) is 0.854. The van der Waals surface area contributed by atoms with E-state index < -0.39 is 0 Å². The number of benzene rings is 1. The fourth-order valence-electron chi connectivity index (χ4n) is 2.37. The highest BCUT2D eigenvalue weighted by Gasteiger charge is 2.28. The number of carbonyl (C=O) groups excluding carboxylic acids is 1. The molecule has 0 aromatic heterocycles. The number of amides is 2. The Balaban J connectivity index is 2.01. The van der Waals surface area contributed by atoms with Gasteiger partial charge in [0.25, 0.3) is 0 Å². The van der Waals surface area contributed by atoms with Gasteiger partial charge in [-0.3, -0.25) is 0 Å². The van der Waals surface area contributed by atoms with Crippen LogP contribution in [0.1, 0.15) is 43.4 Å². The maximum Gasteiger partial charge on any atom is 0.318 e. The van der Waals surface area contributed by atoms with E-state index in [1.165, 1.54) is 11.1 Å². The van der Waals surface area contributed by atoms with Gasteiger partial charge in [-0.05, 0) is 30.0 Å². The van der Waals surface area contributed by atoms with Crippen molar-refractivity contribution >= 4 is 6.03 Å². The highest BCUT2D eigenvalue weighted by atomic mass is 16.2. The van der Waals surface area contributed by atoms with Gasteiger partial charge in [-0.25, -0.2) is 4.79 Å². The number of nitrogens with zero attached hydrogens (tertiary/aromatic N) is 1. The SMILES string of the molecule is CC(C)c1ccc(C2CN(CCCN)C(=O)N2)cc1. The van der Waals surface area contributed by atoms with Crippen molar-refractivity contribution in [3.63, 3.8) is 0 Å². The van der Waals surface area contributed by atoms with Gasteiger partial charge in [0.15, 0.2) is 0 Å². The summed E-state index contributed by atoms with van der Waals surface area (Å²) in [6.45, 7) is 6.46. The van der Waals surface area contributed by atoms with Crippen molar-refractivity contribution in [2.75, 3.05) is 19.6 Å². The Morgan fingerprint density at radius 3 is 2.63 bits per heavy atom. The molecule has 1 fully saturated rings. The molecule has 0 bridgehead atoms. The predicted octanol–water partition coefficient (Wildman–Crippen LogP) is 2.23. The van der Waals surface area contributed by atoms with Crippen molar-refractivity contribution in [1.82, 2.24) is 10.2 Å². The van der Waals surface area contributed by atoms with E-state index in [1.54, 1.807) is 0 Å². The van der Waals surface area contributed by atoms with Gasteiger partial charge in [0.2, 0.25) is 0 Å². The van der Waals surface area contributed by atoms with Crippen LogP contribution in [0.2, 0.25) is 0 Å². The molecule has 1 aromatic rings. The van der Waals surface area contributed by atoms with E-state index in [0.29, 0.717) is 12.5 Å². The number of nitrogens with one attached hydrogen (secondary N) is 1. The first-order valence-corrected chi connectivity index (χ1v) is 6.97. The molecule has 4 heteroatoms. The number of hydrogen-bond acceptors (Lipinski definition) is 2. The van der Waals surface area contributed by atoms with Crippen LogP contribution in [-0.4, -0.2) is 30.6 Å². The number of nitrogens with two attached hydrogens (primary N) is 1. The van der Waals surface area contributed by atoms with Crippen LogP contribution in [-0.2, 0) is 0 Å². The molecule has 1 aliphatic heterocycles. The molecule has 2 amide bonds. The molecule has 0 aliphatic carbocycles. The van der Waals surface area contributed by atoms with Crippen LogP contribution in [0.5, 0.6) is 0 Å². The number of rotatable bonds is 5. The average Bonchev–Trinajstić information content (AvgIpc) is 2.78. The first-order valence-electron chi connectivity index (χ1n) is 6.97. The van der Waals surface area contributed by atoms with Crippen LogP contribution in [0, 0.1) is 0 Å². The van der Waals surface area contributed by atoms with Crippen LogP contribution >= 0.6 is 0 Å². The van der Waals surface area contributed by atoms with Gasteiger partial charge >= 0.3 is 6.03 Å². The Morgan fingerprint density at radius 1 is 1.37 bits per heavy atom. The molecule has 19 heavy (non-hydrogen) atoms. The average molecular weight is 261 g/mol. The molecular weight excluding hydrogens is 238 g/mol. The number of hydrogen-bond donors (Lipinski definition) is 2. The largest absolute Gasteiger partial charge is 0.330 e. The van der Waals surface area contributed by atoms with Gasteiger partial charge in [-0.2, -0.15) is 0 Å². The Hall–Kier alpha value is -1.55. The second-order valence-electron chi connectivity index (χ2n) is 5.41. The Kier molecular flexibility index (Phi) is 4.43. The fraction of sp³-hybridized carbons (Fsp3) is 0.533. The van der Waals surface area contributed by atoms with Crippen LogP contribution in [0.15, 0.2) is 24.3 Å². The maximum absolute atomic E-state index is 11.8. The third-order valence-electron chi connectivity index (χ3n) is 3.63. The smallest absolute Gasteiger partial charge is 0.318 e. The lowest BCUT2D eigenvalue weighted by Crippen LogP contribution is -2.30. The molecule has 1 unspecified atom stereocenters. The fourth-order valence-corrected chi connectivity index (χ4v) is 2.37. The van der Waals surface area contributed by atoms with E-state index in [1.807, 2.05) is 4.90 Å². The summed E-state index contributed by atoms with van der Waals surface area (Å²) in [4.78, 5) is 13.7. The monoisotopic (exact) mass is 261 g/mol. The maximum atomic E-state index is 11.8. The molecule has 1 atom stereocenters. The van der Waals surface area contributed by atoms with E-state index in [2.05, 4.69) is 43.4 Å². The van der Waals surface area contributed by atoms with E-state index in [9.17, 15) is 4.79 Å². The molecule has 1 aromatic carbocycles. The van der Waals surface area contributed by atoms with Crippen molar-refractivity contribution in [3.8, 4) is 0 Å². The molecule has 1 aliphatic rings. The highest BCUT2D eigenvalue weighted by Crippen LogP contribution is 2.22. The van der Waals surface area contributed by atoms with Crippen LogP contribution in [0.25, 0.3) is 0 Å². The van der Waals surface area contributed by atoms with Crippen LogP contribution < -0.4 is 11.1 Å². The molecule has 2 rings (SSSR count). The van der Waals surface area contributed by atoms with Gasteiger partial charge in [-0.1, -0.05) is 38.1 Å². The van der Waals surface area contributed by atoms with Crippen LogP contribution in [0.4, 0.5) is 4.79 Å². The normalized spacial score (nSPS) is 19.1. The summed E-state index contributed by atoms with van der Waals surface area (Å²) in [5.74, 6) is 0.535. The van der Waals surface area contributed by atoms with Crippen LogP contribution in [0.3, 0.4) is 0 Å². The Bertz CT molecular complexity index is 428. The van der Waals surface area contributed by atoms with E-state index in [-0.39, 0.29) is 12.1 Å². The van der Waals surface area contributed by atoms with Crippen molar-refractivity contribution in [2.45, 2.75) is 32.2 Å². The Morgan fingerprint density at radius 2 is 2.05 bits per heavy atom. The molecule has 1 heterocycles. The summed E-state index contributed by atoms with van der Waals surface area (Å²) in [6.07, 6.45) is 0.854. The summed E-state index contributed by atoms with van der Waals surface area (Å²) in [6, 6.07) is 8.65. The molecule has 4 nitrogen and oxygen atoms in total. The van der Waals surface area contributed by atoms with E-state index in [0.717, 1.165) is 19.5 Å². The zero-order valence-electron chi connectivity index (χ0n) is 11.7. The molecule has 1 saturated heterocycles. The van der Waals surface area contributed by atoms with Crippen molar-refractivity contribution in [2.24, 2.45) is 5.73 Å². The van der Waals surface area contributed by atoms with Gasteiger partial charge < -0.3 is 16.0 Å². The summed E-state index contributed by atoms with van der Waals surface area (Å²) in [5, 5.41) is 3.02. The molecule has 0 radical (unpaired) electrons. The third kappa shape index (κ3) is 3.26. The first-order chi connectivity index (χ1) is 9.11. The zero-order chi connectivity index (χ0) is 13.8. The molecule has 0 spiro atoms. The van der Waals surface area contributed by atoms with Gasteiger partial charge in [0.05, 0.1) is 6.04 Å². The lowest BCUT2D eigenvalue weighted by Gasteiger charge is -2.14. The number of carbonyl (C=O) groups is 1. The lowest BCUT2D eigenvalue weighted by atomic mass is 9.99. The lowest BCUT2D eigenvalue weighted by molar-refractivity contribution is 0.217. The summed E-state index contributed by atoms with van der Waals surface area (Å²) in [5.41, 5.74) is 7.99. The minimum atomic E-state index is 0.0198. The second kappa shape index (κ2) is 6.06. The molecule has 104 valence electrons. The predicted molar refractivity (Wildman–Crippen MR) is 77.0 cm³/mol. The van der Waals surface area contributed by atoms with Gasteiger partial charge in [0, 0.05) is 13.1 Å². The number of urea groups is 1. The standard InChI is InChI=1S/C15H23N3O/c1-11(2)12-4-6-13(7-5-12)14-10-18(9-3-8-16)15(19)17-14/h4-7,11,14H,3,8-10,16H2,1-2H3,(H,17,19). The van der Waals surface area contributed by atoms with E-state index >= 15 is 0 Å². The first kappa shape index (κ1) is 13.9. The minimum Gasteiger partial charge on any atom is -0.330 e. The minimum absolute atomic E-state index is 0.0198. The molecular formula is C15H23N3O. The van der Waals surface area contributed by atoms with Crippen molar-refractivity contribution in [1.29, 1.82) is 0 Å². The Labute approximate surface area is 115 Å². The summed E-state index contributed by atoms with van der Waals surface area (Å²) < 4.78 is 0. The summed E-state index contributed by atoms with van der Waals surface area (Å²) >= 11 is 0. The topological polar surface area (TPSA) is 58.4 Å².